The molecule has 1 aromatic carbocycles. The van der Waals surface area contributed by atoms with E-state index in [2.05, 4.69) is 4.90 Å². The Hall–Kier alpha value is -0.150. The molecule has 0 amide bonds. The van der Waals surface area contributed by atoms with Crippen LogP contribution in [0.4, 0.5) is 5.69 Å². The smallest absolute Gasteiger partial charge is 0.0655 e. The number of piperidine rings is 1. The Labute approximate surface area is 122 Å². The van der Waals surface area contributed by atoms with Crippen molar-refractivity contribution in [3.63, 3.8) is 0 Å². The van der Waals surface area contributed by atoms with Gasteiger partial charge in [0, 0.05) is 18.1 Å². The first-order valence-corrected chi connectivity index (χ1v) is 7.38. The Morgan fingerprint density at radius 2 is 1.50 bits per heavy atom. The summed E-state index contributed by atoms with van der Waals surface area (Å²) >= 11 is 18.4. The summed E-state index contributed by atoms with van der Waals surface area (Å²) in [5, 5.41) is 1.74. The van der Waals surface area contributed by atoms with Crippen molar-refractivity contribution in [1.82, 2.24) is 0 Å². The van der Waals surface area contributed by atoms with Gasteiger partial charge in [-0.15, -0.1) is 0 Å². The zero-order valence-corrected chi connectivity index (χ0v) is 12.1. The number of fused-ring (bicyclic) bond motifs is 2. The second-order valence-corrected chi connectivity index (χ2v) is 6.46. The predicted molar refractivity (Wildman–Crippen MR) is 78.0 cm³/mol. The molecule has 0 radical (unpaired) electrons. The number of hydrogen-bond acceptors (Lipinski definition) is 2. The van der Waals surface area contributed by atoms with Crippen LogP contribution in [0.25, 0.3) is 0 Å². The molecule has 2 fully saturated rings. The maximum absolute atomic E-state index is 6.31. The first kappa shape index (κ1) is 12.9. The minimum Gasteiger partial charge on any atom is -0.364 e. The molecule has 3 rings (SSSR count). The van der Waals surface area contributed by atoms with Crippen molar-refractivity contribution < 1.29 is 0 Å². The van der Waals surface area contributed by atoms with Gasteiger partial charge >= 0.3 is 0 Å². The van der Waals surface area contributed by atoms with E-state index in [9.17, 15) is 0 Å². The molecular weight excluding hydrogens is 291 g/mol. The Bertz CT molecular complexity index is 464. The van der Waals surface area contributed by atoms with Gasteiger partial charge in [-0.2, -0.15) is 0 Å². The molecule has 2 heterocycles. The van der Waals surface area contributed by atoms with Gasteiger partial charge in [-0.3, -0.25) is 0 Å². The van der Waals surface area contributed by atoms with Gasteiger partial charge in [0.1, 0.15) is 0 Å². The molecule has 18 heavy (non-hydrogen) atoms. The van der Waals surface area contributed by atoms with Gasteiger partial charge < -0.3 is 10.6 Å². The van der Waals surface area contributed by atoms with Crippen LogP contribution in [0.2, 0.25) is 15.1 Å². The monoisotopic (exact) mass is 304 g/mol. The van der Waals surface area contributed by atoms with E-state index >= 15 is 0 Å². The van der Waals surface area contributed by atoms with Crippen molar-refractivity contribution in [1.29, 1.82) is 0 Å². The second kappa shape index (κ2) is 4.75. The van der Waals surface area contributed by atoms with Crippen molar-refractivity contribution in [3.05, 3.63) is 27.2 Å². The van der Waals surface area contributed by atoms with Crippen molar-refractivity contribution in [2.75, 3.05) is 4.90 Å². The number of nitrogens with zero attached hydrogens (tertiary/aromatic N) is 1. The first-order valence-electron chi connectivity index (χ1n) is 6.24. The zero-order chi connectivity index (χ0) is 12.9. The minimum absolute atomic E-state index is 0.320. The Morgan fingerprint density at radius 1 is 0.944 bits per heavy atom. The third-order valence-electron chi connectivity index (χ3n) is 4.04. The first-order chi connectivity index (χ1) is 8.56. The summed E-state index contributed by atoms with van der Waals surface area (Å²) in [6.45, 7) is 0. The molecule has 2 saturated heterocycles. The maximum atomic E-state index is 6.31. The zero-order valence-electron chi connectivity index (χ0n) is 9.87. The minimum atomic E-state index is 0.320. The van der Waals surface area contributed by atoms with E-state index in [1.807, 2.05) is 6.07 Å². The summed E-state index contributed by atoms with van der Waals surface area (Å²) in [4.78, 5) is 2.40. The maximum Gasteiger partial charge on any atom is 0.0655 e. The van der Waals surface area contributed by atoms with Crippen LogP contribution in [0.3, 0.4) is 0 Å². The molecule has 2 N–H and O–H groups in total. The fourth-order valence-electron chi connectivity index (χ4n) is 3.32. The molecule has 2 nitrogen and oxygen atoms in total. The molecule has 2 aliphatic rings. The van der Waals surface area contributed by atoms with E-state index in [-0.39, 0.29) is 0 Å². The van der Waals surface area contributed by atoms with E-state index in [0.29, 0.717) is 33.2 Å². The Kier molecular flexibility index (Phi) is 3.39. The van der Waals surface area contributed by atoms with E-state index < -0.39 is 0 Å². The largest absolute Gasteiger partial charge is 0.364 e. The van der Waals surface area contributed by atoms with Crippen LogP contribution in [0, 0.1) is 0 Å². The fourth-order valence-corrected chi connectivity index (χ4v) is 3.96. The average Bonchev–Trinajstić information content (AvgIpc) is 2.56. The van der Waals surface area contributed by atoms with Crippen LogP contribution < -0.4 is 10.6 Å². The summed E-state index contributed by atoms with van der Waals surface area (Å²) in [6.07, 6.45) is 4.45. The van der Waals surface area contributed by atoms with Crippen LogP contribution in [0.1, 0.15) is 25.7 Å². The van der Waals surface area contributed by atoms with Crippen LogP contribution >= 0.6 is 34.8 Å². The third-order valence-corrected chi connectivity index (χ3v) is 5.06. The van der Waals surface area contributed by atoms with Gasteiger partial charge in [0.15, 0.2) is 0 Å². The highest BCUT2D eigenvalue weighted by molar-refractivity contribution is 6.44. The molecule has 5 heteroatoms. The standard InChI is InChI=1S/C13H15Cl3N2/c14-10-5-12(16)13(6-11(10)15)18-8-1-2-9(18)4-7(17)3-8/h5-9H,1-4,17H2. The van der Waals surface area contributed by atoms with Gasteiger partial charge in [-0.05, 0) is 37.8 Å². The van der Waals surface area contributed by atoms with E-state index in [4.69, 9.17) is 40.5 Å². The number of rotatable bonds is 1. The molecule has 2 bridgehead atoms. The van der Waals surface area contributed by atoms with Crippen LogP contribution in [0.15, 0.2) is 12.1 Å². The van der Waals surface area contributed by atoms with Crippen LogP contribution in [-0.2, 0) is 0 Å². The SMILES string of the molecule is NC1CC2CCC(C1)N2c1cc(Cl)c(Cl)cc1Cl. The van der Waals surface area contributed by atoms with Crippen molar-refractivity contribution in [3.8, 4) is 0 Å². The Morgan fingerprint density at radius 3 is 2.11 bits per heavy atom. The fraction of sp³-hybridized carbons (Fsp3) is 0.538. The number of nitrogens with two attached hydrogens (primary N) is 1. The van der Waals surface area contributed by atoms with Gasteiger partial charge in [0.05, 0.1) is 20.8 Å². The lowest BCUT2D eigenvalue weighted by molar-refractivity contribution is 0.415. The topological polar surface area (TPSA) is 29.3 Å². The van der Waals surface area contributed by atoms with Gasteiger partial charge in [0.25, 0.3) is 0 Å². The predicted octanol–water partition coefficient (Wildman–Crippen LogP) is 4.11. The van der Waals surface area contributed by atoms with Crippen molar-refractivity contribution in [2.24, 2.45) is 5.73 Å². The highest BCUT2D eigenvalue weighted by Crippen LogP contribution is 2.43. The highest BCUT2D eigenvalue weighted by Gasteiger charge is 2.40. The van der Waals surface area contributed by atoms with Crippen molar-refractivity contribution in [2.45, 2.75) is 43.8 Å². The lowest BCUT2D eigenvalue weighted by atomic mass is 9.97. The van der Waals surface area contributed by atoms with Crippen molar-refractivity contribution >= 4 is 40.5 Å². The molecular formula is C13H15Cl3N2. The molecule has 98 valence electrons. The normalized spacial score (nSPS) is 30.9. The molecule has 2 unspecified atom stereocenters. The number of hydrogen-bond donors (Lipinski definition) is 1. The van der Waals surface area contributed by atoms with E-state index in [1.165, 1.54) is 12.8 Å². The number of anilines is 1. The molecule has 1 aromatic rings. The Balaban J connectivity index is 1.98. The molecule has 0 saturated carbocycles. The molecule has 2 aliphatic heterocycles. The van der Waals surface area contributed by atoms with E-state index in [1.54, 1.807) is 6.07 Å². The van der Waals surface area contributed by atoms with Crippen LogP contribution in [0.5, 0.6) is 0 Å². The van der Waals surface area contributed by atoms with E-state index in [0.717, 1.165) is 18.5 Å². The number of halogens is 3. The summed E-state index contributed by atoms with van der Waals surface area (Å²) < 4.78 is 0. The van der Waals surface area contributed by atoms with Gasteiger partial charge in [0.2, 0.25) is 0 Å². The number of benzene rings is 1. The molecule has 0 aromatic heterocycles. The summed E-state index contributed by atoms with van der Waals surface area (Å²) in [5.41, 5.74) is 7.09. The highest BCUT2D eigenvalue weighted by atomic mass is 35.5. The average molecular weight is 306 g/mol. The molecule has 2 atom stereocenters. The van der Waals surface area contributed by atoms with Gasteiger partial charge in [-0.1, -0.05) is 34.8 Å². The lowest BCUT2D eigenvalue weighted by Crippen LogP contribution is -2.47. The van der Waals surface area contributed by atoms with Gasteiger partial charge in [-0.25, -0.2) is 0 Å². The van der Waals surface area contributed by atoms with Crippen LogP contribution in [-0.4, -0.2) is 18.1 Å². The summed E-state index contributed by atoms with van der Waals surface area (Å²) in [7, 11) is 0. The molecule has 0 aliphatic carbocycles. The summed E-state index contributed by atoms with van der Waals surface area (Å²) in [6, 6.07) is 4.92. The second-order valence-electron chi connectivity index (χ2n) is 5.24. The summed E-state index contributed by atoms with van der Waals surface area (Å²) in [5.74, 6) is 0. The molecule has 0 spiro atoms. The lowest BCUT2D eigenvalue weighted by Gasteiger charge is -2.40. The quantitative estimate of drug-likeness (QED) is 0.791. The third kappa shape index (κ3) is 2.09.